The van der Waals surface area contributed by atoms with Crippen molar-refractivity contribution in [2.75, 3.05) is 52.5 Å². The largest absolute Gasteiger partial charge is 0.379 e. The first-order valence-electron chi connectivity index (χ1n) is 6.64. The Hall–Kier alpha value is -0.160. The lowest BCUT2D eigenvalue weighted by molar-refractivity contribution is 0.0374. The van der Waals surface area contributed by atoms with Crippen LogP contribution < -0.4 is 11.1 Å². The molecule has 4 heteroatoms. The molecule has 1 heterocycles. The van der Waals surface area contributed by atoms with Crippen molar-refractivity contribution in [3.8, 4) is 0 Å². The van der Waals surface area contributed by atoms with E-state index in [4.69, 9.17) is 10.5 Å². The predicted octanol–water partition coefficient (Wildman–Crippen LogP) is 0.427. The van der Waals surface area contributed by atoms with Gasteiger partial charge in [-0.1, -0.05) is 6.42 Å². The zero-order valence-corrected chi connectivity index (χ0v) is 10.4. The Labute approximate surface area is 99.5 Å². The molecule has 0 unspecified atom stereocenters. The van der Waals surface area contributed by atoms with Crippen LogP contribution in [0.5, 0.6) is 0 Å². The minimum Gasteiger partial charge on any atom is -0.379 e. The van der Waals surface area contributed by atoms with Crippen LogP contribution in [0.15, 0.2) is 0 Å². The number of unbranched alkanes of at least 4 members (excludes halogenated alkanes) is 2. The van der Waals surface area contributed by atoms with Gasteiger partial charge in [0.25, 0.3) is 0 Å². The van der Waals surface area contributed by atoms with Gasteiger partial charge in [-0.2, -0.15) is 0 Å². The molecule has 3 N–H and O–H groups in total. The van der Waals surface area contributed by atoms with Gasteiger partial charge in [-0.3, -0.25) is 4.90 Å². The summed E-state index contributed by atoms with van der Waals surface area (Å²) in [6.45, 7) is 8.35. The van der Waals surface area contributed by atoms with Crippen molar-refractivity contribution in [3.63, 3.8) is 0 Å². The van der Waals surface area contributed by atoms with Gasteiger partial charge < -0.3 is 15.8 Å². The van der Waals surface area contributed by atoms with E-state index in [9.17, 15) is 0 Å². The molecule has 0 radical (unpaired) electrons. The van der Waals surface area contributed by atoms with Crippen LogP contribution in [0, 0.1) is 0 Å². The summed E-state index contributed by atoms with van der Waals surface area (Å²) in [4.78, 5) is 2.49. The molecule has 1 fully saturated rings. The van der Waals surface area contributed by atoms with Gasteiger partial charge >= 0.3 is 0 Å². The number of hydrogen-bond acceptors (Lipinski definition) is 4. The SMILES string of the molecule is NCCCCCNCCCN1CCOCC1. The Balaban J connectivity index is 1.77. The quantitative estimate of drug-likeness (QED) is 0.563. The Morgan fingerprint density at radius 1 is 1.00 bits per heavy atom. The third-order valence-electron chi connectivity index (χ3n) is 2.99. The van der Waals surface area contributed by atoms with Crippen molar-refractivity contribution < 1.29 is 4.74 Å². The third kappa shape index (κ3) is 7.17. The first-order chi connectivity index (χ1) is 7.93. The number of ether oxygens (including phenoxy) is 1. The first kappa shape index (κ1) is 13.9. The molecule has 0 aromatic carbocycles. The second kappa shape index (κ2) is 10.0. The molecule has 0 saturated carbocycles. The minimum atomic E-state index is 0.830. The lowest BCUT2D eigenvalue weighted by Gasteiger charge is -2.26. The maximum absolute atomic E-state index is 5.44. The number of nitrogens with two attached hydrogens (primary N) is 1. The Morgan fingerprint density at radius 2 is 1.75 bits per heavy atom. The number of rotatable bonds is 9. The number of nitrogens with one attached hydrogen (secondary N) is 1. The fourth-order valence-corrected chi connectivity index (χ4v) is 1.95. The second-order valence-corrected chi connectivity index (χ2v) is 4.41. The first-order valence-corrected chi connectivity index (χ1v) is 6.64. The zero-order chi connectivity index (χ0) is 11.5. The highest BCUT2D eigenvalue weighted by molar-refractivity contribution is 4.62. The van der Waals surface area contributed by atoms with E-state index in [-0.39, 0.29) is 0 Å². The lowest BCUT2D eigenvalue weighted by Crippen LogP contribution is -2.37. The topological polar surface area (TPSA) is 50.5 Å². The smallest absolute Gasteiger partial charge is 0.0594 e. The van der Waals surface area contributed by atoms with Gasteiger partial charge in [-0.05, 0) is 45.4 Å². The molecule has 96 valence electrons. The molecule has 1 aliphatic heterocycles. The highest BCUT2D eigenvalue weighted by Crippen LogP contribution is 1.97. The fourth-order valence-electron chi connectivity index (χ4n) is 1.95. The molecule has 0 atom stereocenters. The van der Waals surface area contributed by atoms with Crippen LogP contribution in [0.1, 0.15) is 25.7 Å². The van der Waals surface area contributed by atoms with Crippen LogP contribution in [0.25, 0.3) is 0 Å². The number of hydrogen-bond donors (Lipinski definition) is 2. The predicted molar refractivity (Wildman–Crippen MR) is 67.7 cm³/mol. The molecule has 0 bridgehead atoms. The molecule has 16 heavy (non-hydrogen) atoms. The summed E-state index contributed by atoms with van der Waals surface area (Å²) >= 11 is 0. The molecular formula is C12H27N3O. The molecule has 0 spiro atoms. The Morgan fingerprint density at radius 3 is 2.50 bits per heavy atom. The summed E-state index contributed by atoms with van der Waals surface area (Å²) in [7, 11) is 0. The van der Waals surface area contributed by atoms with Gasteiger partial charge in [0.05, 0.1) is 13.2 Å². The average molecular weight is 229 g/mol. The summed E-state index contributed by atoms with van der Waals surface area (Å²) in [5.41, 5.74) is 5.44. The van der Waals surface area contributed by atoms with Gasteiger partial charge in [0, 0.05) is 13.1 Å². The second-order valence-electron chi connectivity index (χ2n) is 4.41. The third-order valence-corrected chi connectivity index (χ3v) is 2.99. The van der Waals surface area contributed by atoms with Gasteiger partial charge in [0.1, 0.15) is 0 Å². The summed E-state index contributed by atoms with van der Waals surface area (Å²) in [6.07, 6.45) is 4.92. The van der Waals surface area contributed by atoms with Gasteiger partial charge in [-0.15, -0.1) is 0 Å². The van der Waals surface area contributed by atoms with Gasteiger partial charge in [0.15, 0.2) is 0 Å². The molecule has 1 rings (SSSR count). The molecule has 0 amide bonds. The Kier molecular flexibility index (Phi) is 8.71. The van der Waals surface area contributed by atoms with Gasteiger partial charge in [0.2, 0.25) is 0 Å². The standard InChI is InChI=1S/C12H27N3O/c13-5-2-1-3-6-14-7-4-8-15-9-11-16-12-10-15/h14H,1-13H2. The molecule has 1 saturated heterocycles. The van der Waals surface area contributed by atoms with E-state index >= 15 is 0 Å². The van der Waals surface area contributed by atoms with Crippen molar-refractivity contribution in [1.82, 2.24) is 10.2 Å². The van der Waals surface area contributed by atoms with Gasteiger partial charge in [-0.25, -0.2) is 0 Å². The van der Waals surface area contributed by atoms with Crippen molar-refractivity contribution in [3.05, 3.63) is 0 Å². The van der Waals surface area contributed by atoms with Crippen LogP contribution in [-0.2, 0) is 4.74 Å². The number of nitrogens with zero attached hydrogens (tertiary/aromatic N) is 1. The lowest BCUT2D eigenvalue weighted by atomic mass is 10.2. The van der Waals surface area contributed by atoms with E-state index in [2.05, 4.69) is 10.2 Å². The maximum atomic E-state index is 5.44. The molecule has 0 aromatic heterocycles. The average Bonchev–Trinajstić information content (AvgIpc) is 2.34. The van der Waals surface area contributed by atoms with E-state index in [1.807, 2.05) is 0 Å². The summed E-state index contributed by atoms with van der Waals surface area (Å²) in [5, 5.41) is 3.49. The van der Waals surface area contributed by atoms with Crippen LogP contribution in [0.4, 0.5) is 0 Å². The van der Waals surface area contributed by atoms with E-state index in [1.54, 1.807) is 0 Å². The van der Waals surface area contributed by atoms with E-state index in [1.165, 1.54) is 25.8 Å². The Bertz CT molecular complexity index is 149. The minimum absolute atomic E-state index is 0.830. The van der Waals surface area contributed by atoms with Crippen molar-refractivity contribution in [1.29, 1.82) is 0 Å². The summed E-state index contributed by atoms with van der Waals surface area (Å²) in [5.74, 6) is 0. The van der Waals surface area contributed by atoms with E-state index in [0.717, 1.165) is 52.4 Å². The summed E-state index contributed by atoms with van der Waals surface area (Å²) in [6, 6.07) is 0. The van der Waals surface area contributed by atoms with Crippen molar-refractivity contribution in [2.24, 2.45) is 5.73 Å². The monoisotopic (exact) mass is 229 g/mol. The van der Waals surface area contributed by atoms with Crippen LogP contribution in [-0.4, -0.2) is 57.4 Å². The molecule has 1 aliphatic rings. The van der Waals surface area contributed by atoms with Crippen LogP contribution >= 0.6 is 0 Å². The van der Waals surface area contributed by atoms with Crippen molar-refractivity contribution in [2.45, 2.75) is 25.7 Å². The van der Waals surface area contributed by atoms with Crippen LogP contribution in [0.3, 0.4) is 0 Å². The van der Waals surface area contributed by atoms with E-state index in [0.29, 0.717) is 0 Å². The maximum Gasteiger partial charge on any atom is 0.0594 e. The fraction of sp³-hybridized carbons (Fsp3) is 1.00. The normalized spacial score (nSPS) is 17.8. The molecular weight excluding hydrogens is 202 g/mol. The zero-order valence-electron chi connectivity index (χ0n) is 10.4. The van der Waals surface area contributed by atoms with Crippen molar-refractivity contribution >= 4 is 0 Å². The molecule has 0 aromatic rings. The van der Waals surface area contributed by atoms with E-state index < -0.39 is 0 Å². The number of morpholine rings is 1. The molecule has 4 nitrogen and oxygen atoms in total. The molecule has 0 aliphatic carbocycles. The highest BCUT2D eigenvalue weighted by atomic mass is 16.5. The summed E-state index contributed by atoms with van der Waals surface area (Å²) < 4.78 is 5.31. The van der Waals surface area contributed by atoms with Crippen LogP contribution in [0.2, 0.25) is 0 Å². The highest BCUT2D eigenvalue weighted by Gasteiger charge is 2.08.